The number of hydrogen-bond acceptors (Lipinski definition) is 3. The molecule has 0 radical (unpaired) electrons. The van der Waals surface area contributed by atoms with Gasteiger partial charge in [0.2, 0.25) is 0 Å². The highest BCUT2D eigenvalue weighted by Crippen LogP contribution is 2.23. The van der Waals surface area contributed by atoms with E-state index in [0.717, 1.165) is 5.82 Å². The van der Waals surface area contributed by atoms with Gasteiger partial charge < -0.3 is 15.2 Å². The maximum atomic E-state index is 13.8. The van der Waals surface area contributed by atoms with Gasteiger partial charge in [0.15, 0.2) is 0 Å². The average molecular weight is 261 g/mol. The highest BCUT2D eigenvalue weighted by Gasteiger charge is 2.15. The Morgan fingerprint density at radius 2 is 2.26 bits per heavy atom. The summed E-state index contributed by atoms with van der Waals surface area (Å²) in [6, 6.07) is 4.64. The van der Waals surface area contributed by atoms with Crippen LogP contribution in [0.4, 0.5) is 10.1 Å². The lowest BCUT2D eigenvalue weighted by Gasteiger charge is -2.22. The molecule has 2 aromatic rings. The van der Waals surface area contributed by atoms with E-state index in [-0.39, 0.29) is 11.4 Å². The minimum atomic E-state index is -0.489. The molecular weight excluding hydrogens is 245 g/mol. The van der Waals surface area contributed by atoms with Crippen molar-refractivity contribution >= 4 is 11.5 Å². The first-order valence-electron chi connectivity index (χ1n) is 5.81. The highest BCUT2D eigenvalue weighted by atomic mass is 19.1. The van der Waals surface area contributed by atoms with Gasteiger partial charge in [-0.3, -0.25) is 5.41 Å². The van der Waals surface area contributed by atoms with Crippen LogP contribution in [0.2, 0.25) is 0 Å². The first-order chi connectivity index (χ1) is 9.00. The average Bonchev–Trinajstić information content (AvgIpc) is 2.74. The largest absolute Gasteiger partial charge is 0.384 e. The van der Waals surface area contributed by atoms with Gasteiger partial charge in [0.1, 0.15) is 17.5 Å². The summed E-state index contributed by atoms with van der Waals surface area (Å²) in [4.78, 5) is 6.04. The molecule has 0 saturated carbocycles. The van der Waals surface area contributed by atoms with Crippen molar-refractivity contribution in [1.29, 1.82) is 5.41 Å². The molecule has 19 heavy (non-hydrogen) atoms. The molecule has 0 amide bonds. The number of amidine groups is 1. The molecule has 1 heterocycles. The predicted molar refractivity (Wildman–Crippen MR) is 72.7 cm³/mol. The number of nitrogen functional groups attached to an aromatic ring is 1. The number of benzene rings is 1. The minimum absolute atomic E-state index is 0.124. The van der Waals surface area contributed by atoms with Gasteiger partial charge in [-0.15, -0.1) is 0 Å². The van der Waals surface area contributed by atoms with E-state index in [1.165, 1.54) is 6.07 Å². The van der Waals surface area contributed by atoms with Crippen molar-refractivity contribution in [2.45, 2.75) is 6.54 Å². The number of aromatic nitrogens is 2. The van der Waals surface area contributed by atoms with Crippen LogP contribution in [-0.4, -0.2) is 22.4 Å². The molecule has 0 unspecified atom stereocenters. The van der Waals surface area contributed by atoms with E-state index in [1.54, 1.807) is 18.3 Å². The van der Waals surface area contributed by atoms with Crippen LogP contribution < -0.4 is 10.6 Å². The first kappa shape index (κ1) is 13.1. The molecule has 1 aromatic carbocycles. The van der Waals surface area contributed by atoms with Crippen molar-refractivity contribution in [3.8, 4) is 0 Å². The SMILES string of the molecule is CN(Cc1nccn1C)c1cccc(F)c1C(=N)N. The Labute approximate surface area is 111 Å². The lowest BCUT2D eigenvalue weighted by Crippen LogP contribution is -2.24. The second-order valence-electron chi connectivity index (χ2n) is 4.36. The minimum Gasteiger partial charge on any atom is -0.384 e. The van der Waals surface area contributed by atoms with Gasteiger partial charge in [-0.1, -0.05) is 6.07 Å². The predicted octanol–water partition coefficient (Wildman–Crippen LogP) is 1.48. The fraction of sp³-hybridized carbons (Fsp3) is 0.231. The zero-order valence-corrected chi connectivity index (χ0v) is 10.9. The Balaban J connectivity index is 2.34. The van der Waals surface area contributed by atoms with Crippen molar-refractivity contribution in [3.63, 3.8) is 0 Å². The summed E-state index contributed by atoms with van der Waals surface area (Å²) in [7, 11) is 3.71. The van der Waals surface area contributed by atoms with Gasteiger partial charge >= 0.3 is 0 Å². The zero-order valence-electron chi connectivity index (χ0n) is 10.9. The second-order valence-corrected chi connectivity index (χ2v) is 4.36. The van der Waals surface area contributed by atoms with Gasteiger partial charge in [0, 0.05) is 26.5 Å². The van der Waals surface area contributed by atoms with Crippen LogP contribution in [0.3, 0.4) is 0 Å². The molecule has 0 saturated heterocycles. The van der Waals surface area contributed by atoms with Crippen molar-refractivity contribution < 1.29 is 4.39 Å². The van der Waals surface area contributed by atoms with Gasteiger partial charge in [0.05, 0.1) is 17.8 Å². The van der Waals surface area contributed by atoms with E-state index in [1.807, 2.05) is 29.8 Å². The van der Waals surface area contributed by atoms with E-state index in [9.17, 15) is 4.39 Å². The molecule has 0 aliphatic heterocycles. The number of halogens is 1. The maximum absolute atomic E-state index is 13.8. The summed E-state index contributed by atoms with van der Waals surface area (Å²) in [5.74, 6) is 0.0812. The third-order valence-electron chi connectivity index (χ3n) is 2.97. The third kappa shape index (κ3) is 2.57. The van der Waals surface area contributed by atoms with Gasteiger partial charge in [-0.2, -0.15) is 0 Å². The van der Waals surface area contributed by atoms with Crippen molar-refractivity contribution in [2.24, 2.45) is 12.8 Å². The van der Waals surface area contributed by atoms with E-state index >= 15 is 0 Å². The molecular formula is C13H16FN5. The first-order valence-corrected chi connectivity index (χ1v) is 5.81. The van der Waals surface area contributed by atoms with Crippen LogP contribution in [0.25, 0.3) is 0 Å². The summed E-state index contributed by atoms with van der Waals surface area (Å²) in [5, 5.41) is 7.49. The molecule has 5 nitrogen and oxygen atoms in total. The molecule has 1 aromatic heterocycles. The zero-order chi connectivity index (χ0) is 14.0. The fourth-order valence-electron chi connectivity index (χ4n) is 1.94. The Morgan fingerprint density at radius 1 is 1.53 bits per heavy atom. The standard InChI is InChI=1S/C13H16FN5/c1-18-7-6-17-11(18)8-19(2)10-5-3-4-9(14)12(10)13(15)16/h3-7H,8H2,1-2H3,(H3,15,16). The quantitative estimate of drug-likeness (QED) is 0.647. The maximum Gasteiger partial charge on any atom is 0.136 e. The van der Waals surface area contributed by atoms with Crippen LogP contribution in [0, 0.1) is 11.2 Å². The number of imidazole rings is 1. The third-order valence-corrected chi connectivity index (χ3v) is 2.97. The summed E-state index contributed by atoms with van der Waals surface area (Å²) < 4.78 is 15.6. The molecule has 0 spiro atoms. The smallest absolute Gasteiger partial charge is 0.136 e. The van der Waals surface area contributed by atoms with Crippen molar-refractivity contribution in [2.75, 3.05) is 11.9 Å². The number of anilines is 1. The van der Waals surface area contributed by atoms with Crippen molar-refractivity contribution in [1.82, 2.24) is 9.55 Å². The van der Waals surface area contributed by atoms with Crippen LogP contribution in [0.1, 0.15) is 11.4 Å². The Hall–Kier alpha value is -2.37. The molecule has 2 rings (SSSR count). The number of rotatable bonds is 4. The molecule has 3 N–H and O–H groups in total. The molecule has 0 bridgehead atoms. The van der Waals surface area contributed by atoms with E-state index in [4.69, 9.17) is 11.1 Å². The Bertz CT molecular complexity index is 605. The molecule has 0 fully saturated rings. The normalized spacial score (nSPS) is 10.5. The summed E-state index contributed by atoms with van der Waals surface area (Å²) in [6.07, 6.45) is 3.56. The van der Waals surface area contributed by atoms with Crippen LogP contribution >= 0.6 is 0 Å². The van der Waals surface area contributed by atoms with Gasteiger partial charge in [-0.05, 0) is 12.1 Å². The summed E-state index contributed by atoms with van der Waals surface area (Å²) in [6.45, 7) is 0.507. The van der Waals surface area contributed by atoms with Gasteiger partial charge in [0.25, 0.3) is 0 Å². The monoisotopic (exact) mass is 261 g/mol. The second kappa shape index (κ2) is 5.09. The molecule has 0 aliphatic rings. The topological polar surface area (TPSA) is 70.9 Å². The van der Waals surface area contributed by atoms with Crippen LogP contribution in [-0.2, 0) is 13.6 Å². The number of nitrogens with two attached hydrogens (primary N) is 1. The molecule has 0 aliphatic carbocycles. The lowest BCUT2D eigenvalue weighted by atomic mass is 10.1. The van der Waals surface area contributed by atoms with E-state index in [0.29, 0.717) is 12.2 Å². The Morgan fingerprint density at radius 3 is 2.84 bits per heavy atom. The van der Waals surface area contributed by atoms with Crippen molar-refractivity contribution in [3.05, 3.63) is 47.8 Å². The number of aryl methyl sites for hydroxylation is 1. The van der Waals surface area contributed by atoms with Crippen LogP contribution in [0.5, 0.6) is 0 Å². The highest BCUT2D eigenvalue weighted by molar-refractivity contribution is 6.00. The van der Waals surface area contributed by atoms with E-state index < -0.39 is 5.82 Å². The summed E-state index contributed by atoms with van der Waals surface area (Å²) >= 11 is 0. The van der Waals surface area contributed by atoms with E-state index in [2.05, 4.69) is 4.98 Å². The number of nitrogens with zero attached hydrogens (tertiary/aromatic N) is 3. The van der Waals surface area contributed by atoms with Crippen LogP contribution in [0.15, 0.2) is 30.6 Å². The summed E-state index contributed by atoms with van der Waals surface area (Å²) in [5.41, 5.74) is 6.16. The number of nitrogens with one attached hydrogen (secondary N) is 1. The molecule has 0 atom stereocenters. The van der Waals surface area contributed by atoms with Gasteiger partial charge in [-0.25, -0.2) is 9.37 Å². The lowest BCUT2D eigenvalue weighted by molar-refractivity contribution is 0.623. The molecule has 100 valence electrons. The molecule has 6 heteroatoms. The Kier molecular flexibility index (Phi) is 3.50. The fourth-order valence-corrected chi connectivity index (χ4v) is 1.94. The number of hydrogen-bond donors (Lipinski definition) is 2.